The number of nitrogens with two attached hydrogens (primary N) is 1. The first-order chi connectivity index (χ1) is 6.59. The number of anilines is 1. The van der Waals surface area contributed by atoms with Crippen LogP contribution in [0.2, 0.25) is 0 Å². The highest BCUT2D eigenvalue weighted by atomic mass is 16.4. The minimum absolute atomic E-state index is 0.0414. The summed E-state index contributed by atoms with van der Waals surface area (Å²) in [5, 5.41) is 17.4. The monoisotopic (exact) mass is 193 g/mol. The first-order valence-electron chi connectivity index (χ1n) is 4.06. The number of carboxylic acids is 1. The predicted octanol–water partition coefficient (Wildman–Crippen LogP) is 1.46. The van der Waals surface area contributed by atoms with E-state index in [4.69, 9.17) is 15.9 Å². The van der Waals surface area contributed by atoms with Crippen molar-refractivity contribution in [3.05, 3.63) is 29.8 Å². The van der Waals surface area contributed by atoms with Crippen molar-refractivity contribution in [2.45, 2.75) is 6.42 Å². The zero-order valence-electron chi connectivity index (χ0n) is 7.47. The molecule has 0 heterocycles. The van der Waals surface area contributed by atoms with Crippen LogP contribution < -0.4 is 5.73 Å². The van der Waals surface area contributed by atoms with Gasteiger partial charge < -0.3 is 15.9 Å². The molecule has 1 rings (SSSR count). The fourth-order valence-electron chi connectivity index (χ4n) is 1.00. The molecule has 0 unspecified atom stereocenters. The molecule has 0 aliphatic heterocycles. The normalized spacial score (nSPS) is 10.6. The molecule has 4 nitrogen and oxygen atoms in total. The van der Waals surface area contributed by atoms with Gasteiger partial charge >= 0.3 is 5.97 Å². The highest BCUT2D eigenvalue weighted by molar-refractivity contribution is 5.72. The number of benzene rings is 1. The summed E-state index contributed by atoms with van der Waals surface area (Å²) in [6, 6.07) is 4.54. The number of aliphatic carboxylic acids is 1. The molecule has 0 bridgehead atoms. The SMILES string of the molecule is Nc1cc(O)ccc1C=CCC(=O)O. The number of nitrogen functional groups attached to an aromatic ring is 1. The molecule has 0 aromatic heterocycles. The fraction of sp³-hybridized carbons (Fsp3) is 0.100. The molecule has 0 atom stereocenters. The number of phenolic OH excluding ortho intramolecular Hbond substituents is 1. The Balaban J connectivity index is 2.76. The maximum Gasteiger partial charge on any atom is 0.307 e. The topological polar surface area (TPSA) is 83.5 Å². The van der Waals surface area contributed by atoms with Crippen molar-refractivity contribution in [1.82, 2.24) is 0 Å². The average Bonchev–Trinajstić information content (AvgIpc) is 2.08. The van der Waals surface area contributed by atoms with Crippen molar-refractivity contribution < 1.29 is 15.0 Å². The Bertz CT molecular complexity index is 372. The molecule has 0 spiro atoms. The standard InChI is InChI=1S/C10H11NO3/c11-9-6-8(12)5-4-7(9)2-1-3-10(13)14/h1-2,4-6,12H,3,11H2,(H,13,14). The molecular weight excluding hydrogens is 182 g/mol. The molecular formula is C10H11NO3. The maximum absolute atomic E-state index is 10.2. The van der Waals surface area contributed by atoms with E-state index in [0.717, 1.165) is 0 Å². The van der Waals surface area contributed by atoms with E-state index in [1.54, 1.807) is 12.1 Å². The van der Waals surface area contributed by atoms with E-state index in [2.05, 4.69) is 0 Å². The van der Waals surface area contributed by atoms with Crippen LogP contribution in [0.15, 0.2) is 24.3 Å². The Hall–Kier alpha value is -1.97. The van der Waals surface area contributed by atoms with Gasteiger partial charge in [0.2, 0.25) is 0 Å². The molecule has 1 aromatic carbocycles. The molecule has 14 heavy (non-hydrogen) atoms. The van der Waals surface area contributed by atoms with Crippen molar-refractivity contribution in [3.8, 4) is 5.75 Å². The number of hydrogen-bond donors (Lipinski definition) is 3. The lowest BCUT2D eigenvalue weighted by Crippen LogP contribution is -1.91. The molecule has 0 radical (unpaired) electrons. The summed E-state index contributed by atoms with van der Waals surface area (Å²) in [4.78, 5) is 10.2. The number of phenols is 1. The molecule has 0 aliphatic carbocycles. The largest absolute Gasteiger partial charge is 0.508 e. The van der Waals surface area contributed by atoms with Crippen LogP contribution in [0.1, 0.15) is 12.0 Å². The molecule has 0 saturated carbocycles. The van der Waals surface area contributed by atoms with E-state index in [1.165, 1.54) is 18.2 Å². The van der Waals surface area contributed by atoms with Gasteiger partial charge in [0.05, 0.1) is 6.42 Å². The van der Waals surface area contributed by atoms with E-state index in [0.29, 0.717) is 11.3 Å². The Kier molecular flexibility index (Phi) is 3.12. The van der Waals surface area contributed by atoms with Gasteiger partial charge in [-0.3, -0.25) is 4.79 Å². The Labute approximate surface area is 81.3 Å². The molecule has 0 saturated heterocycles. The molecule has 0 amide bonds. The van der Waals surface area contributed by atoms with Crippen LogP contribution in [0, 0.1) is 0 Å². The van der Waals surface area contributed by atoms with E-state index in [-0.39, 0.29) is 12.2 Å². The average molecular weight is 193 g/mol. The first-order valence-corrected chi connectivity index (χ1v) is 4.06. The molecule has 1 aromatic rings. The van der Waals surface area contributed by atoms with Gasteiger partial charge in [-0.05, 0) is 17.7 Å². The zero-order valence-corrected chi connectivity index (χ0v) is 7.47. The number of aromatic hydroxyl groups is 1. The molecule has 0 aliphatic rings. The number of hydrogen-bond acceptors (Lipinski definition) is 3. The number of carbonyl (C=O) groups is 1. The Morgan fingerprint density at radius 1 is 1.50 bits per heavy atom. The smallest absolute Gasteiger partial charge is 0.307 e. The third-order valence-electron chi connectivity index (χ3n) is 1.66. The van der Waals surface area contributed by atoms with Gasteiger partial charge in [0.1, 0.15) is 5.75 Å². The second kappa shape index (κ2) is 4.32. The summed E-state index contributed by atoms with van der Waals surface area (Å²) in [6.07, 6.45) is 3.08. The summed E-state index contributed by atoms with van der Waals surface area (Å²) in [6.45, 7) is 0. The second-order valence-corrected chi connectivity index (χ2v) is 2.81. The number of carboxylic acid groups (broad SMARTS) is 1. The van der Waals surface area contributed by atoms with Gasteiger partial charge in [0.25, 0.3) is 0 Å². The lowest BCUT2D eigenvalue weighted by molar-refractivity contribution is -0.135. The molecule has 4 heteroatoms. The van der Waals surface area contributed by atoms with Gasteiger partial charge in [-0.1, -0.05) is 12.2 Å². The highest BCUT2D eigenvalue weighted by Crippen LogP contribution is 2.19. The fourth-order valence-corrected chi connectivity index (χ4v) is 1.00. The van der Waals surface area contributed by atoms with Crippen LogP contribution in [-0.2, 0) is 4.79 Å². The van der Waals surface area contributed by atoms with Crippen LogP contribution in [-0.4, -0.2) is 16.2 Å². The summed E-state index contributed by atoms with van der Waals surface area (Å²) in [7, 11) is 0. The minimum atomic E-state index is -0.890. The van der Waals surface area contributed by atoms with E-state index < -0.39 is 5.97 Å². The van der Waals surface area contributed by atoms with Crippen molar-refractivity contribution in [2.75, 3.05) is 5.73 Å². The summed E-state index contributed by atoms with van der Waals surface area (Å²) in [5.74, 6) is -0.795. The van der Waals surface area contributed by atoms with E-state index in [1.807, 2.05) is 0 Å². The molecule has 4 N–H and O–H groups in total. The minimum Gasteiger partial charge on any atom is -0.508 e. The quantitative estimate of drug-likeness (QED) is 0.634. The lowest BCUT2D eigenvalue weighted by Gasteiger charge is -1.99. The highest BCUT2D eigenvalue weighted by Gasteiger charge is 1.96. The van der Waals surface area contributed by atoms with Gasteiger partial charge in [0.15, 0.2) is 0 Å². The first kappa shape index (κ1) is 10.1. The van der Waals surface area contributed by atoms with Gasteiger partial charge in [-0.15, -0.1) is 0 Å². The van der Waals surface area contributed by atoms with Crippen LogP contribution in [0.5, 0.6) is 5.75 Å². The van der Waals surface area contributed by atoms with Crippen LogP contribution >= 0.6 is 0 Å². The summed E-state index contributed by atoms with van der Waals surface area (Å²) >= 11 is 0. The van der Waals surface area contributed by atoms with Crippen LogP contribution in [0.3, 0.4) is 0 Å². The van der Waals surface area contributed by atoms with Crippen LogP contribution in [0.25, 0.3) is 6.08 Å². The zero-order chi connectivity index (χ0) is 10.6. The lowest BCUT2D eigenvalue weighted by atomic mass is 10.1. The van der Waals surface area contributed by atoms with Gasteiger partial charge in [0, 0.05) is 11.8 Å². The van der Waals surface area contributed by atoms with E-state index in [9.17, 15) is 4.79 Å². The second-order valence-electron chi connectivity index (χ2n) is 2.81. The van der Waals surface area contributed by atoms with Crippen LogP contribution in [0.4, 0.5) is 5.69 Å². The number of rotatable bonds is 3. The molecule has 0 fully saturated rings. The molecule has 74 valence electrons. The van der Waals surface area contributed by atoms with Gasteiger partial charge in [-0.25, -0.2) is 0 Å². The van der Waals surface area contributed by atoms with Crippen molar-refractivity contribution >= 4 is 17.7 Å². The summed E-state index contributed by atoms with van der Waals surface area (Å²) in [5.41, 5.74) is 6.70. The van der Waals surface area contributed by atoms with Crippen molar-refractivity contribution in [1.29, 1.82) is 0 Å². The summed E-state index contributed by atoms with van der Waals surface area (Å²) < 4.78 is 0. The van der Waals surface area contributed by atoms with Gasteiger partial charge in [-0.2, -0.15) is 0 Å². The van der Waals surface area contributed by atoms with Crippen molar-refractivity contribution in [2.24, 2.45) is 0 Å². The third-order valence-corrected chi connectivity index (χ3v) is 1.66. The predicted molar refractivity (Wildman–Crippen MR) is 53.8 cm³/mol. The Morgan fingerprint density at radius 2 is 2.21 bits per heavy atom. The maximum atomic E-state index is 10.2. The third kappa shape index (κ3) is 2.82. The Morgan fingerprint density at radius 3 is 2.79 bits per heavy atom. The van der Waals surface area contributed by atoms with Crippen molar-refractivity contribution in [3.63, 3.8) is 0 Å². The van der Waals surface area contributed by atoms with E-state index >= 15 is 0 Å².